The molecule has 0 spiro atoms. The Morgan fingerprint density at radius 1 is 0.183 bits per heavy atom. The molecule has 0 aliphatic carbocycles. The molecule has 282 valence electrons. The maximum Gasteiger partial charge on any atom is 0.115 e. The van der Waals surface area contributed by atoms with Crippen LogP contribution in [0.1, 0.15) is 0 Å². The Balaban J connectivity index is 0.997. The predicted molar refractivity (Wildman–Crippen MR) is 247 cm³/mol. The van der Waals surface area contributed by atoms with Gasteiger partial charge in [0, 0.05) is 42.7 Å². The molecule has 0 saturated carbocycles. The van der Waals surface area contributed by atoms with Crippen LogP contribution in [0.2, 0.25) is 0 Å². The molecule has 0 saturated heterocycles. The summed E-state index contributed by atoms with van der Waals surface area (Å²) < 4.78 is 0. The highest BCUT2D eigenvalue weighted by molar-refractivity contribution is 5.85. The second-order valence-corrected chi connectivity index (χ2v) is 14.9. The minimum Gasteiger partial charge on any atom is -0.265 e. The summed E-state index contributed by atoms with van der Waals surface area (Å²) in [6.45, 7) is 0. The van der Waals surface area contributed by atoms with Crippen LogP contribution >= 0.6 is 0 Å². The molecule has 3 aromatic heterocycles. The zero-order chi connectivity index (χ0) is 40.1. The van der Waals surface area contributed by atoms with E-state index in [-0.39, 0.29) is 0 Å². The number of aromatic nitrogens is 4. The van der Waals surface area contributed by atoms with Crippen LogP contribution in [-0.4, -0.2) is 19.9 Å². The third-order valence-corrected chi connectivity index (χ3v) is 11.0. The van der Waals surface area contributed by atoms with Crippen molar-refractivity contribution in [2.24, 2.45) is 0 Å². The molecular weight excluding hydrogens is 729 g/mol. The van der Waals surface area contributed by atoms with Crippen molar-refractivity contribution >= 4 is 0 Å². The number of pyridine rings is 2. The van der Waals surface area contributed by atoms with Gasteiger partial charge in [-0.25, -0.2) is 9.97 Å². The molecule has 3 heterocycles. The zero-order valence-corrected chi connectivity index (χ0v) is 32.7. The van der Waals surface area contributed by atoms with Gasteiger partial charge in [-0.05, 0) is 173 Å². The molecule has 0 N–H and O–H groups in total. The normalized spacial score (nSPS) is 11.0. The third-order valence-electron chi connectivity index (χ3n) is 11.0. The first-order valence-electron chi connectivity index (χ1n) is 20.0. The Labute approximate surface area is 350 Å². The monoisotopic (exact) mass is 766 g/mol. The lowest BCUT2D eigenvalue weighted by Crippen LogP contribution is -1.89. The van der Waals surface area contributed by atoms with Crippen LogP contribution < -0.4 is 0 Å². The smallest absolute Gasteiger partial charge is 0.115 e. The largest absolute Gasteiger partial charge is 0.265 e. The van der Waals surface area contributed by atoms with Gasteiger partial charge in [0.05, 0.1) is 0 Å². The fourth-order valence-electron chi connectivity index (χ4n) is 7.93. The summed E-state index contributed by atoms with van der Waals surface area (Å²) in [5.41, 5.74) is 20.5. The number of nitrogens with zero attached hydrogens (tertiary/aromatic N) is 4. The van der Waals surface area contributed by atoms with E-state index in [0.29, 0.717) is 0 Å². The van der Waals surface area contributed by atoms with Crippen molar-refractivity contribution in [2.45, 2.75) is 0 Å². The number of rotatable bonds is 9. The van der Waals surface area contributed by atoms with Crippen LogP contribution in [0.25, 0.3) is 100 Å². The summed E-state index contributed by atoms with van der Waals surface area (Å²) in [6.07, 6.45) is 12.7. The fourth-order valence-corrected chi connectivity index (χ4v) is 7.93. The Morgan fingerprint density at radius 3 is 0.683 bits per heavy atom. The molecule has 10 rings (SSSR count). The van der Waals surface area contributed by atoms with Gasteiger partial charge >= 0.3 is 0 Å². The van der Waals surface area contributed by atoms with Crippen molar-refractivity contribution in [3.05, 3.63) is 232 Å². The molecule has 60 heavy (non-hydrogen) atoms. The highest BCUT2D eigenvalue weighted by atomic mass is 14.8. The Morgan fingerprint density at radius 2 is 0.400 bits per heavy atom. The highest BCUT2D eigenvalue weighted by Gasteiger charge is 2.12. The second-order valence-electron chi connectivity index (χ2n) is 14.9. The highest BCUT2D eigenvalue weighted by Crippen LogP contribution is 2.37. The van der Waals surface area contributed by atoms with Gasteiger partial charge in [0.25, 0.3) is 0 Å². The average molecular weight is 767 g/mol. The first-order chi connectivity index (χ1) is 29.7. The maximum atomic E-state index is 4.37. The molecule has 0 amide bonds. The Bertz CT molecular complexity index is 2900. The van der Waals surface area contributed by atoms with E-state index in [9.17, 15) is 0 Å². The lowest BCUT2D eigenvalue weighted by atomic mass is 9.91. The van der Waals surface area contributed by atoms with Gasteiger partial charge in [-0.2, -0.15) is 0 Å². The summed E-state index contributed by atoms with van der Waals surface area (Å²) >= 11 is 0. The Hall–Kier alpha value is -8.08. The van der Waals surface area contributed by atoms with Gasteiger partial charge in [0.1, 0.15) is 6.33 Å². The molecule has 0 unspecified atom stereocenters. The van der Waals surface area contributed by atoms with Crippen LogP contribution in [0.4, 0.5) is 0 Å². The molecule has 7 aromatic carbocycles. The molecule has 0 aliphatic heterocycles. The predicted octanol–water partition coefficient (Wildman–Crippen LogP) is 14.3. The molecule has 0 radical (unpaired) electrons. The van der Waals surface area contributed by atoms with Gasteiger partial charge in [0.2, 0.25) is 0 Å². The third kappa shape index (κ3) is 7.78. The molecule has 0 aliphatic rings. The van der Waals surface area contributed by atoms with Gasteiger partial charge in [0.15, 0.2) is 0 Å². The van der Waals surface area contributed by atoms with Crippen molar-refractivity contribution in [1.82, 2.24) is 19.9 Å². The summed E-state index contributed by atoms with van der Waals surface area (Å²) in [5.74, 6) is 0. The summed E-state index contributed by atoms with van der Waals surface area (Å²) in [4.78, 5) is 17.1. The summed E-state index contributed by atoms with van der Waals surface area (Å²) in [5, 5.41) is 0. The number of benzene rings is 7. The molecule has 0 atom stereocenters. The van der Waals surface area contributed by atoms with Crippen molar-refractivity contribution in [3.63, 3.8) is 0 Å². The minimum absolute atomic E-state index is 0.969. The Kier molecular flexibility index (Phi) is 9.92. The fraction of sp³-hybridized carbons (Fsp3) is 0. The van der Waals surface area contributed by atoms with E-state index in [1.165, 1.54) is 33.4 Å². The van der Waals surface area contributed by atoms with Crippen molar-refractivity contribution in [1.29, 1.82) is 0 Å². The van der Waals surface area contributed by atoms with Crippen molar-refractivity contribution in [3.8, 4) is 100 Å². The minimum atomic E-state index is 0.969. The van der Waals surface area contributed by atoms with E-state index in [2.05, 4.69) is 184 Å². The topological polar surface area (TPSA) is 51.6 Å². The lowest BCUT2D eigenvalue weighted by molar-refractivity contribution is 1.17. The lowest BCUT2D eigenvalue weighted by Gasteiger charge is -2.14. The molecule has 0 bridgehead atoms. The van der Waals surface area contributed by atoms with E-state index >= 15 is 0 Å². The van der Waals surface area contributed by atoms with E-state index < -0.39 is 0 Å². The number of hydrogen-bond acceptors (Lipinski definition) is 4. The van der Waals surface area contributed by atoms with Crippen molar-refractivity contribution in [2.75, 3.05) is 0 Å². The maximum absolute atomic E-state index is 4.37. The van der Waals surface area contributed by atoms with E-state index in [0.717, 1.165) is 66.8 Å². The van der Waals surface area contributed by atoms with Crippen LogP contribution in [0.3, 0.4) is 0 Å². The first-order valence-corrected chi connectivity index (χ1v) is 20.0. The van der Waals surface area contributed by atoms with Gasteiger partial charge in [-0.1, -0.05) is 109 Å². The average Bonchev–Trinajstić information content (AvgIpc) is 3.35. The summed E-state index contributed by atoms with van der Waals surface area (Å²) in [6, 6.07) is 67.7. The summed E-state index contributed by atoms with van der Waals surface area (Å²) in [7, 11) is 0. The van der Waals surface area contributed by atoms with Gasteiger partial charge in [-0.15, -0.1) is 0 Å². The van der Waals surface area contributed by atoms with E-state index in [1.807, 2.05) is 61.4 Å². The quantitative estimate of drug-likeness (QED) is 0.147. The van der Waals surface area contributed by atoms with Gasteiger partial charge < -0.3 is 0 Å². The first kappa shape index (κ1) is 36.3. The molecule has 4 nitrogen and oxygen atoms in total. The SMILES string of the molecule is c1cc(-c2ccncc2)cc(-c2cccc(-c3cccc(-c4cc(-c5cncnc5)cc(-c5cccc(-c6cccc(-c7cccc(-c8ccncc8)c7)c6)c5)c4)c3)c2)c1. The molecule has 0 fully saturated rings. The van der Waals surface area contributed by atoms with E-state index in [4.69, 9.17) is 0 Å². The van der Waals surface area contributed by atoms with Gasteiger partial charge in [-0.3, -0.25) is 9.97 Å². The number of hydrogen-bond donors (Lipinski definition) is 0. The zero-order valence-electron chi connectivity index (χ0n) is 32.7. The van der Waals surface area contributed by atoms with Crippen LogP contribution in [-0.2, 0) is 0 Å². The molecule has 10 aromatic rings. The molecular formula is C56H38N4. The van der Waals surface area contributed by atoms with Crippen LogP contribution in [0.15, 0.2) is 232 Å². The van der Waals surface area contributed by atoms with E-state index in [1.54, 1.807) is 6.33 Å². The molecule has 4 heteroatoms. The van der Waals surface area contributed by atoms with Crippen LogP contribution in [0.5, 0.6) is 0 Å². The van der Waals surface area contributed by atoms with Crippen LogP contribution in [0, 0.1) is 0 Å². The second kappa shape index (κ2) is 16.4. The van der Waals surface area contributed by atoms with Crippen molar-refractivity contribution < 1.29 is 0 Å². The standard InChI is InChI=1S/C56H38N4/c1-7-41(39-19-23-57-24-20-39)27-43(9-1)45-11-3-13-47(29-45)49-15-5-17-51(31-49)53-33-54(35-55(34-53)56-36-59-38-60-37-56)52-18-6-16-50(32-52)48-14-4-12-46(30-48)44-10-2-8-42(28-44)40-21-25-58-26-22-40/h1-38H.